The number of nitrogens with zero attached hydrogens (tertiary/aromatic N) is 2. The number of hydrogen-bond acceptors (Lipinski definition) is 2. The first-order valence-electron chi connectivity index (χ1n) is 13.1. The van der Waals surface area contributed by atoms with Gasteiger partial charge in [-0.2, -0.15) is 0 Å². The molecule has 0 saturated carbocycles. The van der Waals surface area contributed by atoms with Crippen LogP contribution in [0.15, 0.2) is 42.5 Å². The number of hydrogen-bond donors (Lipinski definition) is 1. The minimum absolute atomic E-state index is 0.00236. The van der Waals surface area contributed by atoms with Crippen molar-refractivity contribution in [2.75, 3.05) is 31.6 Å². The average Bonchev–Trinajstić information content (AvgIpc) is 3.14. The molecule has 6 heteroatoms. The van der Waals surface area contributed by atoms with Crippen LogP contribution in [0.4, 0.5) is 14.5 Å². The van der Waals surface area contributed by atoms with Crippen molar-refractivity contribution in [3.05, 3.63) is 59.5 Å². The summed E-state index contributed by atoms with van der Waals surface area (Å²) in [4.78, 5) is 2.23. The van der Waals surface area contributed by atoms with Gasteiger partial charge >= 0.3 is 0 Å². The predicted octanol–water partition coefficient (Wildman–Crippen LogP) is 6.71. The van der Waals surface area contributed by atoms with Gasteiger partial charge in [0.25, 0.3) is 0 Å². The molecule has 0 amide bonds. The van der Waals surface area contributed by atoms with Gasteiger partial charge in [-0.25, -0.2) is 4.39 Å². The number of rotatable bonds is 12. The number of benzene rings is 2. The minimum atomic E-state index is -0.271. The Hall–Kier alpha value is -1.97. The first-order chi connectivity index (χ1) is 16.9. The molecule has 1 aromatic heterocycles. The second-order valence-electron chi connectivity index (χ2n) is 10.4. The maximum absolute atomic E-state index is 15.8. The fourth-order valence-corrected chi connectivity index (χ4v) is 5.91. The summed E-state index contributed by atoms with van der Waals surface area (Å²) >= 11 is 0. The fraction of sp³-hybridized carbons (Fsp3) is 0.517. The van der Waals surface area contributed by atoms with Gasteiger partial charge in [0.05, 0.1) is 12.7 Å². The fourth-order valence-electron chi connectivity index (χ4n) is 5.39. The van der Waals surface area contributed by atoms with Crippen molar-refractivity contribution in [3.8, 4) is 0 Å². The van der Waals surface area contributed by atoms with Gasteiger partial charge < -0.3 is 9.88 Å². The van der Waals surface area contributed by atoms with E-state index in [9.17, 15) is 4.39 Å². The summed E-state index contributed by atoms with van der Waals surface area (Å²) in [7, 11) is 2.80. The summed E-state index contributed by atoms with van der Waals surface area (Å²) in [6, 6.07) is 14.8. The number of para-hydroxylation sites is 1. The van der Waals surface area contributed by atoms with Crippen molar-refractivity contribution >= 4 is 31.1 Å². The maximum Gasteiger partial charge on any atom is 0.129 e. The highest BCUT2D eigenvalue weighted by molar-refractivity contribution is 7.27. The summed E-state index contributed by atoms with van der Waals surface area (Å²) in [5.41, 5.74) is 4.05. The molecule has 0 radical (unpaired) electrons. The smallest absolute Gasteiger partial charge is 0.129 e. The number of fused-ring (bicyclic) bond motifs is 1. The SMILES string of the molecule is CCCCC(c1c(F)cc(NC2CN(CCCF)C2)cc1P)c1cc2ccccc2n1CC(C)C. The molecule has 2 atom stereocenters. The lowest BCUT2D eigenvalue weighted by molar-refractivity contribution is 0.155. The Kier molecular flexibility index (Phi) is 8.83. The summed E-state index contributed by atoms with van der Waals surface area (Å²) < 4.78 is 30.6. The van der Waals surface area contributed by atoms with E-state index in [-0.39, 0.29) is 24.5 Å². The van der Waals surface area contributed by atoms with E-state index in [4.69, 9.17) is 0 Å². The van der Waals surface area contributed by atoms with Gasteiger partial charge in [-0.15, -0.1) is 9.24 Å². The van der Waals surface area contributed by atoms with E-state index in [1.54, 1.807) is 6.07 Å². The van der Waals surface area contributed by atoms with Gasteiger partial charge in [-0.05, 0) is 53.7 Å². The third-order valence-corrected chi connectivity index (χ3v) is 7.52. The second-order valence-corrected chi connectivity index (χ2v) is 11.1. The Bertz CT molecular complexity index is 1100. The van der Waals surface area contributed by atoms with Crippen LogP contribution in [0.2, 0.25) is 0 Å². The minimum Gasteiger partial charge on any atom is -0.380 e. The first kappa shape index (κ1) is 26.1. The summed E-state index contributed by atoms with van der Waals surface area (Å²) in [5, 5.41) is 5.62. The van der Waals surface area contributed by atoms with Crippen molar-refractivity contribution in [1.82, 2.24) is 9.47 Å². The molecule has 2 aromatic carbocycles. The molecule has 0 aliphatic carbocycles. The van der Waals surface area contributed by atoms with E-state index in [0.29, 0.717) is 12.3 Å². The maximum atomic E-state index is 15.8. The zero-order chi connectivity index (χ0) is 24.9. The van der Waals surface area contributed by atoms with Crippen LogP contribution in [0.25, 0.3) is 10.9 Å². The Morgan fingerprint density at radius 3 is 2.57 bits per heavy atom. The highest BCUT2D eigenvalue weighted by Crippen LogP contribution is 2.36. The standard InChI is InChI=1S/C29H40F2N3P/c1-4-5-10-24(27-14-21-9-6-7-11-26(21)34(27)17-20(2)3)29-25(31)15-22(16-28(29)35)32-23-18-33(19-23)13-8-12-30/h6-7,9,11,14-16,20,23-24,32H,4-5,8,10,12-13,17-19,35H2,1-3H3. The monoisotopic (exact) mass is 499 g/mol. The molecule has 3 aromatic rings. The number of halogens is 2. The largest absolute Gasteiger partial charge is 0.380 e. The number of aromatic nitrogens is 1. The van der Waals surface area contributed by atoms with E-state index in [1.807, 2.05) is 0 Å². The lowest BCUT2D eigenvalue weighted by Gasteiger charge is -2.40. The molecule has 1 fully saturated rings. The van der Waals surface area contributed by atoms with Crippen LogP contribution in [-0.4, -0.2) is 41.8 Å². The van der Waals surface area contributed by atoms with Gasteiger partial charge in [-0.1, -0.05) is 51.8 Å². The molecule has 1 N–H and O–H groups in total. The molecule has 35 heavy (non-hydrogen) atoms. The van der Waals surface area contributed by atoms with E-state index in [0.717, 1.165) is 62.0 Å². The number of unbranched alkanes of at least 4 members (excludes halogenated alkanes) is 1. The summed E-state index contributed by atoms with van der Waals surface area (Å²) in [6.45, 7) is 9.86. The van der Waals surface area contributed by atoms with E-state index in [2.05, 4.69) is 81.2 Å². The normalized spacial score (nSPS) is 15.6. The molecule has 3 nitrogen and oxygen atoms in total. The van der Waals surface area contributed by atoms with Crippen LogP contribution >= 0.6 is 9.24 Å². The quantitative estimate of drug-likeness (QED) is 0.279. The predicted molar refractivity (Wildman–Crippen MR) is 148 cm³/mol. The van der Waals surface area contributed by atoms with Crippen molar-refractivity contribution in [2.45, 2.75) is 65.0 Å². The van der Waals surface area contributed by atoms with Gasteiger partial charge in [0.15, 0.2) is 0 Å². The average molecular weight is 500 g/mol. The highest BCUT2D eigenvalue weighted by Gasteiger charge is 2.28. The molecular weight excluding hydrogens is 459 g/mol. The molecule has 1 aliphatic rings. The Morgan fingerprint density at radius 1 is 1.11 bits per heavy atom. The number of anilines is 1. The Morgan fingerprint density at radius 2 is 1.89 bits per heavy atom. The Balaban J connectivity index is 1.64. The van der Waals surface area contributed by atoms with Crippen molar-refractivity contribution < 1.29 is 8.78 Å². The number of alkyl halides is 1. The summed E-state index contributed by atoms with van der Waals surface area (Å²) in [5.74, 6) is 0.355. The lowest BCUT2D eigenvalue weighted by Crippen LogP contribution is -2.54. The first-order valence-corrected chi connectivity index (χ1v) is 13.7. The molecular formula is C29H40F2N3P. The highest BCUT2D eigenvalue weighted by atomic mass is 31.0. The molecule has 1 saturated heterocycles. The van der Waals surface area contributed by atoms with E-state index >= 15 is 4.39 Å². The number of likely N-dealkylation sites (tertiary alicyclic amines) is 1. The zero-order valence-corrected chi connectivity index (χ0v) is 22.5. The molecule has 190 valence electrons. The van der Waals surface area contributed by atoms with Crippen LogP contribution in [0.3, 0.4) is 0 Å². The molecule has 1 aliphatic heterocycles. The third kappa shape index (κ3) is 6.06. The lowest BCUT2D eigenvalue weighted by atomic mass is 9.89. The third-order valence-electron chi connectivity index (χ3n) is 7.04. The molecule has 0 spiro atoms. The van der Waals surface area contributed by atoms with E-state index < -0.39 is 0 Å². The van der Waals surface area contributed by atoms with Gasteiger partial charge in [-0.3, -0.25) is 9.29 Å². The Labute approximate surface area is 211 Å². The second kappa shape index (κ2) is 11.8. The summed E-state index contributed by atoms with van der Waals surface area (Å²) in [6.07, 6.45) is 3.63. The molecule has 0 bridgehead atoms. The molecule has 2 heterocycles. The van der Waals surface area contributed by atoms with Crippen molar-refractivity contribution in [2.24, 2.45) is 5.92 Å². The van der Waals surface area contributed by atoms with Gasteiger partial charge in [0, 0.05) is 54.6 Å². The van der Waals surface area contributed by atoms with Crippen molar-refractivity contribution in [1.29, 1.82) is 0 Å². The zero-order valence-electron chi connectivity index (χ0n) is 21.4. The van der Waals surface area contributed by atoms with Gasteiger partial charge in [0.2, 0.25) is 0 Å². The van der Waals surface area contributed by atoms with Crippen LogP contribution in [-0.2, 0) is 6.54 Å². The van der Waals surface area contributed by atoms with Crippen LogP contribution < -0.4 is 10.6 Å². The van der Waals surface area contributed by atoms with E-state index in [1.165, 1.54) is 16.6 Å². The van der Waals surface area contributed by atoms with Crippen LogP contribution in [0.1, 0.15) is 63.6 Å². The van der Waals surface area contributed by atoms with Crippen LogP contribution in [0, 0.1) is 11.7 Å². The molecule has 2 unspecified atom stereocenters. The molecule has 4 rings (SSSR count). The van der Waals surface area contributed by atoms with Crippen LogP contribution in [0.5, 0.6) is 0 Å². The topological polar surface area (TPSA) is 20.2 Å². The van der Waals surface area contributed by atoms with Gasteiger partial charge in [0.1, 0.15) is 5.82 Å². The van der Waals surface area contributed by atoms with Crippen molar-refractivity contribution in [3.63, 3.8) is 0 Å². The number of nitrogens with one attached hydrogen (secondary N) is 1.